The lowest BCUT2D eigenvalue weighted by atomic mass is 9.98. The van der Waals surface area contributed by atoms with Crippen LogP contribution in [-0.2, 0) is 0 Å². The Kier molecular flexibility index (Phi) is 5.53. The van der Waals surface area contributed by atoms with Gasteiger partial charge in [-0.2, -0.15) is 0 Å². The molecule has 0 radical (unpaired) electrons. The van der Waals surface area contributed by atoms with E-state index in [1.54, 1.807) is 25.6 Å². The van der Waals surface area contributed by atoms with Gasteiger partial charge in [-0.25, -0.2) is 4.39 Å². The van der Waals surface area contributed by atoms with Gasteiger partial charge in [-0.1, -0.05) is 18.5 Å². The number of halogens is 2. The van der Waals surface area contributed by atoms with Crippen molar-refractivity contribution in [3.8, 4) is 5.75 Å². The van der Waals surface area contributed by atoms with Crippen LogP contribution in [0.2, 0.25) is 5.02 Å². The normalized spacial score (nSPS) is 12.2. The van der Waals surface area contributed by atoms with Gasteiger partial charge in [0.05, 0.1) is 18.2 Å². The quantitative estimate of drug-likeness (QED) is 0.876. The number of aromatic nitrogens is 1. The van der Waals surface area contributed by atoms with Crippen molar-refractivity contribution in [2.75, 3.05) is 13.7 Å². The molecule has 1 unspecified atom stereocenters. The summed E-state index contributed by atoms with van der Waals surface area (Å²) in [5.74, 6) is 0.317. The van der Waals surface area contributed by atoms with E-state index in [1.165, 1.54) is 12.1 Å². The molecular weight excluding hydrogens is 291 g/mol. The number of ether oxygens (including phenoxy) is 1. The third-order valence-electron chi connectivity index (χ3n) is 3.22. The summed E-state index contributed by atoms with van der Waals surface area (Å²) in [4.78, 5) is 4.00. The average Bonchev–Trinajstić information content (AvgIpc) is 2.49. The third-order valence-corrected chi connectivity index (χ3v) is 3.53. The summed E-state index contributed by atoms with van der Waals surface area (Å²) < 4.78 is 19.0. The lowest BCUT2D eigenvalue weighted by Gasteiger charge is -2.22. The van der Waals surface area contributed by atoms with Crippen LogP contribution >= 0.6 is 11.6 Å². The number of hydrogen-bond acceptors (Lipinski definition) is 3. The van der Waals surface area contributed by atoms with Crippen molar-refractivity contribution in [3.05, 3.63) is 58.6 Å². The summed E-state index contributed by atoms with van der Waals surface area (Å²) in [6.07, 6.45) is 4.22. The first kappa shape index (κ1) is 15.7. The first-order valence-corrected chi connectivity index (χ1v) is 7.21. The van der Waals surface area contributed by atoms with E-state index in [1.807, 2.05) is 6.07 Å². The van der Waals surface area contributed by atoms with Crippen LogP contribution in [0.15, 0.2) is 36.7 Å². The van der Waals surface area contributed by atoms with E-state index in [-0.39, 0.29) is 11.9 Å². The van der Waals surface area contributed by atoms with E-state index in [9.17, 15) is 4.39 Å². The SMILES string of the molecule is CCCNC(c1ccncc1Cl)c1cc(F)ccc1OC. The number of nitrogens with zero attached hydrogens (tertiary/aromatic N) is 1. The fraction of sp³-hybridized carbons (Fsp3) is 0.312. The standard InChI is InChI=1S/C16H18ClFN2O/c1-3-7-20-16(12-6-8-19-10-14(12)17)13-9-11(18)4-5-15(13)21-2/h4-6,8-10,16,20H,3,7H2,1-2H3. The molecule has 1 aromatic carbocycles. The van der Waals surface area contributed by atoms with Crippen molar-refractivity contribution < 1.29 is 9.13 Å². The number of benzene rings is 1. The lowest BCUT2D eigenvalue weighted by molar-refractivity contribution is 0.402. The average molecular weight is 309 g/mol. The smallest absolute Gasteiger partial charge is 0.124 e. The molecular formula is C16H18ClFN2O. The molecule has 1 N–H and O–H groups in total. The predicted molar refractivity (Wildman–Crippen MR) is 82.3 cm³/mol. The van der Waals surface area contributed by atoms with E-state index in [0.717, 1.165) is 24.1 Å². The second-order valence-electron chi connectivity index (χ2n) is 4.67. The topological polar surface area (TPSA) is 34.2 Å². The number of hydrogen-bond donors (Lipinski definition) is 1. The van der Waals surface area contributed by atoms with E-state index in [2.05, 4.69) is 17.2 Å². The van der Waals surface area contributed by atoms with Crippen molar-refractivity contribution >= 4 is 11.6 Å². The van der Waals surface area contributed by atoms with Gasteiger partial charge in [0.1, 0.15) is 11.6 Å². The van der Waals surface area contributed by atoms with Crippen molar-refractivity contribution in [1.82, 2.24) is 10.3 Å². The first-order valence-electron chi connectivity index (χ1n) is 6.83. The van der Waals surface area contributed by atoms with Gasteiger partial charge in [-0.15, -0.1) is 0 Å². The van der Waals surface area contributed by atoms with Crippen LogP contribution in [-0.4, -0.2) is 18.6 Å². The highest BCUT2D eigenvalue weighted by Crippen LogP contribution is 2.33. The lowest BCUT2D eigenvalue weighted by Crippen LogP contribution is -2.24. The molecule has 0 aliphatic rings. The molecule has 0 spiro atoms. The third kappa shape index (κ3) is 3.71. The molecule has 0 saturated heterocycles. The Morgan fingerprint density at radius 3 is 2.81 bits per heavy atom. The molecule has 3 nitrogen and oxygen atoms in total. The van der Waals surface area contributed by atoms with E-state index in [4.69, 9.17) is 16.3 Å². The summed E-state index contributed by atoms with van der Waals surface area (Å²) in [6.45, 7) is 2.85. The molecule has 0 saturated carbocycles. The van der Waals surface area contributed by atoms with Crippen molar-refractivity contribution in [2.45, 2.75) is 19.4 Å². The Hall–Kier alpha value is -1.65. The van der Waals surface area contributed by atoms with Crippen LogP contribution in [0.3, 0.4) is 0 Å². The molecule has 1 atom stereocenters. The first-order chi connectivity index (χ1) is 10.2. The monoisotopic (exact) mass is 308 g/mol. The number of nitrogens with one attached hydrogen (secondary N) is 1. The van der Waals surface area contributed by atoms with Crippen LogP contribution in [0.5, 0.6) is 5.75 Å². The minimum Gasteiger partial charge on any atom is -0.496 e. The Morgan fingerprint density at radius 1 is 1.33 bits per heavy atom. The van der Waals surface area contributed by atoms with Gasteiger partial charge in [-0.3, -0.25) is 4.98 Å². The van der Waals surface area contributed by atoms with Gasteiger partial charge in [-0.05, 0) is 42.8 Å². The zero-order valence-electron chi connectivity index (χ0n) is 12.1. The highest BCUT2D eigenvalue weighted by Gasteiger charge is 2.20. The molecule has 0 fully saturated rings. The summed E-state index contributed by atoms with van der Waals surface area (Å²) in [7, 11) is 1.57. The molecule has 2 aromatic rings. The van der Waals surface area contributed by atoms with E-state index >= 15 is 0 Å². The fourth-order valence-electron chi connectivity index (χ4n) is 2.23. The minimum atomic E-state index is -0.306. The maximum absolute atomic E-state index is 13.7. The number of methoxy groups -OCH3 is 1. The predicted octanol–water partition coefficient (Wildman–Crippen LogP) is 3.97. The Labute approximate surface area is 129 Å². The largest absolute Gasteiger partial charge is 0.496 e. The van der Waals surface area contributed by atoms with E-state index in [0.29, 0.717) is 10.8 Å². The molecule has 0 aliphatic heterocycles. The number of pyridine rings is 1. The second kappa shape index (κ2) is 7.38. The van der Waals surface area contributed by atoms with Gasteiger partial charge >= 0.3 is 0 Å². The van der Waals surface area contributed by atoms with Crippen molar-refractivity contribution in [2.24, 2.45) is 0 Å². The van der Waals surface area contributed by atoms with Crippen LogP contribution in [0.4, 0.5) is 4.39 Å². The minimum absolute atomic E-state index is 0.244. The van der Waals surface area contributed by atoms with Gasteiger partial charge in [0.15, 0.2) is 0 Å². The van der Waals surface area contributed by atoms with Crippen LogP contribution in [0.25, 0.3) is 0 Å². The van der Waals surface area contributed by atoms with Crippen LogP contribution in [0, 0.1) is 5.82 Å². The maximum atomic E-state index is 13.7. The zero-order valence-corrected chi connectivity index (χ0v) is 12.8. The van der Waals surface area contributed by atoms with E-state index < -0.39 is 0 Å². The molecule has 21 heavy (non-hydrogen) atoms. The fourth-order valence-corrected chi connectivity index (χ4v) is 2.46. The molecule has 2 rings (SSSR count). The number of rotatable bonds is 6. The zero-order chi connectivity index (χ0) is 15.2. The summed E-state index contributed by atoms with van der Waals surface area (Å²) in [5, 5.41) is 3.93. The summed E-state index contributed by atoms with van der Waals surface area (Å²) in [5.41, 5.74) is 1.57. The molecule has 1 heterocycles. The molecule has 0 aliphatic carbocycles. The maximum Gasteiger partial charge on any atom is 0.124 e. The van der Waals surface area contributed by atoms with Crippen molar-refractivity contribution in [1.29, 1.82) is 0 Å². The molecule has 0 bridgehead atoms. The van der Waals surface area contributed by atoms with Gasteiger partial charge in [0.2, 0.25) is 0 Å². The highest BCUT2D eigenvalue weighted by atomic mass is 35.5. The van der Waals surface area contributed by atoms with Crippen molar-refractivity contribution in [3.63, 3.8) is 0 Å². The highest BCUT2D eigenvalue weighted by molar-refractivity contribution is 6.31. The van der Waals surface area contributed by atoms with Crippen LogP contribution < -0.4 is 10.1 Å². The molecule has 0 amide bonds. The summed E-state index contributed by atoms with van der Waals surface area (Å²) in [6, 6.07) is 6.07. The Morgan fingerprint density at radius 2 is 2.14 bits per heavy atom. The molecule has 1 aromatic heterocycles. The Bertz CT molecular complexity index is 607. The molecule has 5 heteroatoms. The van der Waals surface area contributed by atoms with Gasteiger partial charge < -0.3 is 10.1 Å². The second-order valence-corrected chi connectivity index (χ2v) is 5.08. The van der Waals surface area contributed by atoms with Gasteiger partial charge in [0.25, 0.3) is 0 Å². The van der Waals surface area contributed by atoms with Gasteiger partial charge in [0, 0.05) is 18.0 Å². The Balaban J connectivity index is 2.50. The molecule has 112 valence electrons. The van der Waals surface area contributed by atoms with Crippen LogP contribution in [0.1, 0.15) is 30.5 Å². The summed E-state index contributed by atoms with van der Waals surface area (Å²) >= 11 is 6.25.